The van der Waals surface area contributed by atoms with Gasteiger partial charge in [0.15, 0.2) is 0 Å². The van der Waals surface area contributed by atoms with Crippen LogP contribution < -0.4 is 5.32 Å². The van der Waals surface area contributed by atoms with Gasteiger partial charge in [-0.15, -0.1) is 0 Å². The van der Waals surface area contributed by atoms with Crippen molar-refractivity contribution in [2.75, 3.05) is 6.54 Å². The number of amides is 2. The van der Waals surface area contributed by atoms with Crippen molar-refractivity contribution in [2.45, 2.75) is 32.9 Å². The number of piperidine rings is 1. The first-order valence-electron chi connectivity index (χ1n) is 8.71. The Balaban J connectivity index is 1.59. The topological polar surface area (TPSA) is 67.2 Å². The van der Waals surface area contributed by atoms with Gasteiger partial charge >= 0.3 is 0 Å². The Labute approximate surface area is 152 Å². The average molecular weight is 358 g/mol. The van der Waals surface area contributed by atoms with Gasteiger partial charge in [-0.25, -0.2) is 4.39 Å². The highest BCUT2D eigenvalue weighted by molar-refractivity contribution is 5.83. The van der Waals surface area contributed by atoms with Crippen LogP contribution in [0.5, 0.6) is 0 Å². The highest BCUT2D eigenvalue weighted by Crippen LogP contribution is 2.20. The Hall–Kier alpha value is -2.70. The summed E-state index contributed by atoms with van der Waals surface area (Å²) in [6, 6.07) is 6.20. The Morgan fingerprint density at radius 1 is 1.42 bits per heavy atom. The van der Waals surface area contributed by atoms with Gasteiger partial charge in [-0.2, -0.15) is 5.10 Å². The zero-order chi connectivity index (χ0) is 18.7. The molecule has 2 aromatic rings. The summed E-state index contributed by atoms with van der Waals surface area (Å²) in [4.78, 5) is 26.3. The Bertz CT molecular complexity index is 818. The van der Waals surface area contributed by atoms with Crippen LogP contribution in [0.2, 0.25) is 0 Å². The highest BCUT2D eigenvalue weighted by Gasteiger charge is 2.30. The maximum Gasteiger partial charge on any atom is 0.225 e. The molecule has 0 bridgehead atoms. The lowest BCUT2D eigenvalue weighted by Gasteiger charge is -2.32. The van der Waals surface area contributed by atoms with E-state index in [1.807, 2.05) is 14.0 Å². The van der Waals surface area contributed by atoms with E-state index >= 15 is 0 Å². The number of aromatic nitrogens is 2. The van der Waals surface area contributed by atoms with E-state index in [9.17, 15) is 14.0 Å². The van der Waals surface area contributed by atoms with Crippen LogP contribution in [0.15, 0.2) is 30.5 Å². The van der Waals surface area contributed by atoms with Crippen LogP contribution in [0.3, 0.4) is 0 Å². The Morgan fingerprint density at radius 3 is 2.92 bits per heavy atom. The van der Waals surface area contributed by atoms with Crippen LogP contribution in [0, 0.1) is 18.7 Å². The fourth-order valence-electron chi connectivity index (χ4n) is 3.18. The lowest BCUT2D eigenvalue weighted by molar-refractivity contribution is -0.139. The zero-order valence-electron chi connectivity index (χ0n) is 15.0. The zero-order valence-corrected chi connectivity index (χ0v) is 15.0. The average Bonchev–Trinajstić information content (AvgIpc) is 2.93. The number of carbonyl (C=O) groups excluding carboxylic acids is 2. The minimum absolute atomic E-state index is 0.00131. The molecule has 2 heterocycles. The van der Waals surface area contributed by atoms with E-state index in [0.29, 0.717) is 32.5 Å². The van der Waals surface area contributed by atoms with Crippen LogP contribution in [-0.2, 0) is 29.7 Å². The first kappa shape index (κ1) is 18.1. The monoisotopic (exact) mass is 358 g/mol. The lowest BCUT2D eigenvalue weighted by Crippen LogP contribution is -2.45. The molecule has 1 aromatic heterocycles. The van der Waals surface area contributed by atoms with Crippen molar-refractivity contribution in [2.24, 2.45) is 13.0 Å². The minimum atomic E-state index is -0.326. The summed E-state index contributed by atoms with van der Waals surface area (Å²) in [5.74, 6) is -0.641. The second-order valence-electron chi connectivity index (χ2n) is 6.74. The van der Waals surface area contributed by atoms with Crippen molar-refractivity contribution >= 4 is 11.8 Å². The largest absolute Gasteiger partial charge is 0.352 e. The first-order valence-corrected chi connectivity index (χ1v) is 8.71. The Morgan fingerprint density at radius 2 is 2.23 bits per heavy atom. The molecule has 3 rings (SSSR count). The maximum atomic E-state index is 13.3. The third-order valence-corrected chi connectivity index (χ3v) is 4.92. The predicted octanol–water partition coefficient (Wildman–Crippen LogP) is 1.92. The van der Waals surface area contributed by atoms with Gasteiger partial charge in [-0.1, -0.05) is 12.1 Å². The smallest absolute Gasteiger partial charge is 0.225 e. The Kier molecular flexibility index (Phi) is 5.35. The van der Waals surface area contributed by atoms with E-state index in [0.717, 1.165) is 16.8 Å². The maximum absolute atomic E-state index is 13.3. The van der Waals surface area contributed by atoms with Gasteiger partial charge in [0, 0.05) is 44.4 Å². The molecule has 1 aliphatic heterocycles. The molecule has 0 radical (unpaired) electrons. The second kappa shape index (κ2) is 7.68. The van der Waals surface area contributed by atoms with Gasteiger partial charge < -0.3 is 10.2 Å². The molecule has 1 saturated heterocycles. The summed E-state index contributed by atoms with van der Waals surface area (Å²) < 4.78 is 15.1. The molecule has 138 valence electrons. The molecule has 1 aliphatic rings. The predicted molar refractivity (Wildman–Crippen MR) is 94.3 cm³/mol. The third kappa shape index (κ3) is 4.09. The summed E-state index contributed by atoms with van der Waals surface area (Å²) in [6.07, 6.45) is 2.62. The number of rotatable bonds is 5. The minimum Gasteiger partial charge on any atom is -0.352 e. The number of aryl methyl sites for hydroxylation is 1. The molecule has 7 heteroatoms. The molecular weight excluding hydrogens is 335 g/mol. The normalized spacial score (nSPS) is 17.4. The summed E-state index contributed by atoms with van der Waals surface area (Å²) in [7, 11) is 1.86. The molecule has 1 fully saturated rings. The molecule has 26 heavy (non-hydrogen) atoms. The quantitative estimate of drug-likeness (QED) is 0.888. The number of halogens is 1. The van der Waals surface area contributed by atoms with E-state index in [4.69, 9.17) is 0 Å². The number of nitrogens with one attached hydrogen (secondary N) is 1. The SMILES string of the molecule is Cc1c(CNC(=O)[C@@H]2CCC(=O)N(Cc3cccc(F)c3)C2)cnn1C. The number of likely N-dealkylation sites (tertiary alicyclic amines) is 1. The van der Waals surface area contributed by atoms with Crippen molar-refractivity contribution < 1.29 is 14.0 Å². The summed E-state index contributed by atoms with van der Waals surface area (Å²) >= 11 is 0. The summed E-state index contributed by atoms with van der Waals surface area (Å²) in [5, 5.41) is 7.11. The third-order valence-electron chi connectivity index (χ3n) is 4.92. The molecule has 2 amide bonds. The fraction of sp³-hybridized carbons (Fsp3) is 0.421. The molecule has 0 saturated carbocycles. The lowest BCUT2D eigenvalue weighted by atomic mass is 9.96. The van der Waals surface area contributed by atoms with E-state index in [2.05, 4.69) is 10.4 Å². The van der Waals surface area contributed by atoms with E-state index < -0.39 is 0 Å². The van der Waals surface area contributed by atoms with Crippen molar-refractivity contribution in [1.82, 2.24) is 20.0 Å². The molecule has 1 N–H and O–H groups in total. The molecule has 0 unspecified atom stereocenters. The fourth-order valence-corrected chi connectivity index (χ4v) is 3.18. The van der Waals surface area contributed by atoms with Crippen molar-refractivity contribution in [3.8, 4) is 0 Å². The van der Waals surface area contributed by atoms with Crippen LogP contribution in [-0.4, -0.2) is 33.0 Å². The van der Waals surface area contributed by atoms with Gasteiger partial charge in [0.1, 0.15) is 5.82 Å². The van der Waals surface area contributed by atoms with E-state index in [1.165, 1.54) is 12.1 Å². The van der Waals surface area contributed by atoms with Gasteiger partial charge in [-0.05, 0) is 31.0 Å². The van der Waals surface area contributed by atoms with Crippen molar-refractivity contribution in [3.63, 3.8) is 0 Å². The molecule has 0 aliphatic carbocycles. The standard InChI is InChI=1S/C19H23FN4O2/c1-13-16(10-22-23(13)2)9-21-19(26)15-6-7-18(25)24(12-15)11-14-4-3-5-17(20)8-14/h3-5,8,10,15H,6-7,9,11-12H2,1-2H3,(H,21,26)/t15-/m1/s1. The van der Waals surface area contributed by atoms with Crippen LogP contribution >= 0.6 is 0 Å². The molecule has 1 aromatic carbocycles. The van der Waals surface area contributed by atoms with E-state index in [-0.39, 0.29) is 23.5 Å². The number of nitrogens with zero attached hydrogens (tertiary/aromatic N) is 3. The van der Waals surface area contributed by atoms with Gasteiger partial charge in [0.05, 0.1) is 12.1 Å². The van der Waals surface area contributed by atoms with Gasteiger partial charge in [0.25, 0.3) is 0 Å². The molecule has 6 nitrogen and oxygen atoms in total. The van der Waals surface area contributed by atoms with Crippen LogP contribution in [0.25, 0.3) is 0 Å². The van der Waals surface area contributed by atoms with Crippen LogP contribution in [0.4, 0.5) is 4.39 Å². The first-order chi connectivity index (χ1) is 12.4. The number of carbonyl (C=O) groups is 2. The molecule has 1 atom stereocenters. The number of hydrogen-bond acceptors (Lipinski definition) is 3. The number of hydrogen-bond donors (Lipinski definition) is 1. The van der Waals surface area contributed by atoms with Gasteiger partial charge in [-0.3, -0.25) is 14.3 Å². The summed E-state index contributed by atoms with van der Waals surface area (Å²) in [5.41, 5.74) is 2.71. The van der Waals surface area contributed by atoms with Gasteiger partial charge in [0.2, 0.25) is 11.8 Å². The summed E-state index contributed by atoms with van der Waals surface area (Å²) in [6.45, 7) is 3.05. The van der Waals surface area contributed by atoms with E-state index in [1.54, 1.807) is 27.9 Å². The van der Waals surface area contributed by atoms with Crippen molar-refractivity contribution in [3.05, 3.63) is 53.1 Å². The highest BCUT2D eigenvalue weighted by atomic mass is 19.1. The molecule has 0 spiro atoms. The second-order valence-corrected chi connectivity index (χ2v) is 6.74. The molecular formula is C19H23FN4O2. The van der Waals surface area contributed by atoms with Crippen molar-refractivity contribution in [1.29, 1.82) is 0 Å². The number of benzene rings is 1. The van der Waals surface area contributed by atoms with Crippen LogP contribution in [0.1, 0.15) is 29.7 Å².